The number of anilines is 1. The molecular weight excluding hydrogens is 239 g/mol. The lowest BCUT2D eigenvalue weighted by molar-refractivity contribution is 0.450. The number of aromatic nitrogens is 2. The van der Waals surface area contributed by atoms with Crippen molar-refractivity contribution in [3.8, 4) is 11.6 Å². The van der Waals surface area contributed by atoms with E-state index in [4.69, 9.17) is 16.2 Å². The minimum Gasteiger partial charge on any atom is -0.436 e. The summed E-state index contributed by atoms with van der Waals surface area (Å²) in [7, 11) is 0. The van der Waals surface area contributed by atoms with Crippen LogP contribution in [0.25, 0.3) is 0 Å². The monoisotopic (exact) mass is 250 g/mol. The molecule has 6 nitrogen and oxygen atoms in total. The van der Waals surface area contributed by atoms with Crippen LogP contribution in [-0.2, 0) is 6.54 Å². The molecular formula is C11H11FN4O2. The summed E-state index contributed by atoms with van der Waals surface area (Å²) in [5.74, 6) is -0.389. The summed E-state index contributed by atoms with van der Waals surface area (Å²) < 4.78 is 18.8. The molecule has 2 rings (SSSR count). The standard InChI is InChI=1S/C11H11FN4O2/c12-7-2-1-3-8(6(7)4-13)18-11-9(14)10(17)15-5-16-11/h1-3,5H,4,13-14H2,(H,15,16,17). The van der Waals surface area contributed by atoms with Crippen LogP contribution in [0.3, 0.4) is 0 Å². The molecule has 0 saturated carbocycles. The van der Waals surface area contributed by atoms with Gasteiger partial charge >= 0.3 is 0 Å². The average Bonchev–Trinajstić information content (AvgIpc) is 2.35. The van der Waals surface area contributed by atoms with Gasteiger partial charge in [0.2, 0.25) is 5.88 Å². The molecule has 0 aliphatic heterocycles. The molecule has 0 unspecified atom stereocenters. The van der Waals surface area contributed by atoms with E-state index >= 15 is 0 Å². The van der Waals surface area contributed by atoms with Crippen molar-refractivity contribution in [1.29, 1.82) is 0 Å². The number of nitrogen functional groups attached to an aromatic ring is 1. The maximum Gasteiger partial charge on any atom is 0.277 e. The third-order valence-electron chi connectivity index (χ3n) is 2.34. The lowest BCUT2D eigenvalue weighted by atomic mass is 10.2. The Balaban J connectivity index is 2.43. The molecule has 0 radical (unpaired) electrons. The number of hydrogen-bond donors (Lipinski definition) is 3. The van der Waals surface area contributed by atoms with Gasteiger partial charge in [-0.05, 0) is 12.1 Å². The predicted molar refractivity (Wildman–Crippen MR) is 63.6 cm³/mol. The average molecular weight is 250 g/mol. The van der Waals surface area contributed by atoms with Gasteiger partial charge in [-0.3, -0.25) is 4.79 Å². The largest absolute Gasteiger partial charge is 0.436 e. The first kappa shape index (κ1) is 12.1. The molecule has 2 aromatic rings. The summed E-state index contributed by atoms with van der Waals surface area (Å²) in [4.78, 5) is 17.3. The Morgan fingerprint density at radius 2 is 2.22 bits per heavy atom. The van der Waals surface area contributed by atoms with Crippen LogP contribution < -0.4 is 21.8 Å². The van der Waals surface area contributed by atoms with Gasteiger partial charge in [0, 0.05) is 12.1 Å². The van der Waals surface area contributed by atoms with Crippen molar-refractivity contribution < 1.29 is 9.13 Å². The van der Waals surface area contributed by atoms with Crippen LogP contribution in [0.5, 0.6) is 11.6 Å². The molecule has 1 aromatic heterocycles. The van der Waals surface area contributed by atoms with Gasteiger partial charge in [0.25, 0.3) is 5.56 Å². The number of ether oxygens (including phenoxy) is 1. The van der Waals surface area contributed by atoms with Crippen molar-refractivity contribution in [2.75, 3.05) is 5.73 Å². The minimum absolute atomic E-state index is 0.0366. The van der Waals surface area contributed by atoms with Crippen LogP contribution in [0.1, 0.15) is 5.56 Å². The van der Waals surface area contributed by atoms with Gasteiger partial charge in [-0.25, -0.2) is 9.37 Å². The van der Waals surface area contributed by atoms with E-state index in [0.29, 0.717) is 0 Å². The molecule has 0 fully saturated rings. The van der Waals surface area contributed by atoms with Crippen molar-refractivity contribution in [2.45, 2.75) is 6.54 Å². The zero-order valence-corrected chi connectivity index (χ0v) is 9.31. The Labute approximate surface area is 101 Å². The first-order chi connectivity index (χ1) is 8.63. The van der Waals surface area contributed by atoms with Gasteiger partial charge in [-0.1, -0.05) is 6.07 Å². The van der Waals surface area contributed by atoms with Gasteiger partial charge < -0.3 is 21.2 Å². The number of H-pyrrole nitrogens is 1. The topological polar surface area (TPSA) is 107 Å². The van der Waals surface area contributed by atoms with Gasteiger partial charge in [0.1, 0.15) is 11.6 Å². The number of nitrogens with two attached hydrogens (primary N) is 2. The molecule has 1 heterocycles. The molecule has 0 amide bonds. The molecule has 0 spiro atoms. The van der Waals surface area contributed by atoms with E-state index in [2.05, 4.69) is 9.97 Å². The number of benzene rings is 1. The molecule has 0 bridgehead atoms. The summed E-state index contributed by atoms with van der Waals surface area (Å²) >= 11 is 0. The highest BCUT2D eigenvalue weighted by atomic mass is 19.1. The van der Waals surface area contributed by atoms with E-state index in [1.807, 2.05) is 0 Å². The van der Waals surface area contributed by atoms with Crippen molar-refractivity contribution in [2.24, 2.45) is 5.73 Å². The predicted octanol–water partition coefficient (Wildman–Crippen LogP) is 0.742. The number of hydrogen-bond acceptors (Lipinski definition) is 5. The first-order valence-electron chi connectivity index (χ1n) is 5.12. The van der Waals surface area contributed by atoms with E-state index in [-0.39, 0.29) is 29.4 Å². The second-order valence-corrected chi connectivity index (χ2v) is 3.47. The highest BCUT2D eigenvalue weighted by Gasteiger charge is 2.12. The fraction of sp³-hybridized carbons (Fsp3) is 0.0909. The summed E-state index contributed by atoms with van der Waals surface area (Å²) in [6.07, 6.45) is 1.15. The second-order valence-electron chi connectivity index (χ2n) is 3.47. The van der Waals surface area contributed by atoms with Crippen LogP contribution in [0, 0.1) is 5.82 Å². The summed E-state index contributed by atoms with van der Waals surface area (Å²) in [5, 5.41) is 0. The molecule has 1 aromatic carbocycles. The molecule has 0 aliphatic rings. The number of nitrogens with one attached hydrogen (secondary N) is 1. The van der Waals surface area contributed by atoms with Crippen molar-refractivity contribution >= 4 is 5.69 Å². The lowest BCUT2D eigenvalue weighted by Gasteiger charge is -2.10. The molecule has 18 heavy (non-hydrogen) atoms. The van der Waals surface area contributed by atoms with Crippen LogP contribution in [0.4, 0.5) is 10.1 Å². The summed E-state index contributed by atoms with van der Waals surface area (Å²) in [6, 6.07) is 4.25. The van der Waals surface area contributed by atoms with E-state index in [1.165, 1.54) is 18.2 Å². The third kappa shape index (κ3) is 2.16. The molecule has 0 atom stereocenters. The van der Waals surface area contributed by atoms with E-state index < -0.39 is 11.4 Å². The first-order valence-corrected chi connectivity index (χ1v) is 5.12. The van der Waals surface area contributed by atoms with Crippen LogP contribution in [-0.4, -0.2) is 9.97 Å². The maximum atomic E-state index is 13.5. The Kier molecular flexibility index (Phi) is 3.24. The van der Waals surface area contributed by atoms with Gasteiger partial charge in [0.05, 0.1) is 6.33 Å². The number of rotatable bonds is 3. The third-order valence-corrected chi connectivity index (χ3v) is 2.34. The maximum absolute atomic E-state index is 13.5. The second kappa shape index (κ2) is 4.84. The zero-order valence-electron chi connectivity index (χ0n) is 9.31. The SMILES string of the molecule is NCc1c(F)cccc1Oc1nc[nH]c(=O)c1N. The smallest absolute Gasteiger partial charge is 0.277 e. The lowest BCUT2D eigenvalue weighted by Crippen LogP contribution is -2.13. The van der Waals surface area contributed by atoms with Crippen LogP contribution >= 0.6 is 0 Å². The van der Waals surface area contributed by atoms with Gasteiger partial charge in [0.15, 0.2) is 5.69 Å². The fourth-order valence-electron chi connectivity index (χ4n) is 1.41. The number of aromatic amines is 1. The molecule has 94 valence electrons. The van der Waals surface area contributed by atoms with Crippen LogP contribution in [0.2, 0.25) is 0 Å². The molecule has 5 N–H and O–H groups in total. The van der Waals surface area contributed by atoms with Crippen LogP contribution in [0.15, 0.2) is 29.3 Å². The Hall–Kier alpha value is -2.41. The molecule has 0 saturated heterocycles. The summed E-state index contributed by atoms with van der Waals surface area (Å²) in [6.45, 7) is -0.0366. The zero-order chi connectivity index (χ0) is 13.1. The molecule has 7 heteroatoms. The van der Waals surface area contributed by atoms with Gasteiger partial charge in [-0.2, -0.15) is 0 Å². The molecule has 0 aliphatic carbocycles. The van der Waals surface area contributed by atoms with Crippen molar-refractivity contribution in [3.63, 3.8) is 0 Å². The fourth-order valence-corrected chi connectivity index (χ4v) is 1.41. The normalized spacial score (nSPS) is 10.3. The quantitative estimate of drug-likeness (QED) is 0.744. The van der Waals surface area contributed by atoms with E-state index in [9.17, 15) is 9.18 Å². The highest BCUT2D eigenvalue weighted by molar-refractivity contribution is 5.48. The van der Waals surface area contributed by atoms with E-state index in [0.717, 1.165) is 6.33 Å². The van der Waals surface area contributed by atoms with Crippen molar-refractivity contribution in [3.05, 3.63) is 46.3 Å². The number of halogens is 1. The Morgan fingerprint density at radius 3 is 2.94 bits per heavy atom. The minimum atomic E-state index is -0.522. The number of nitrogens with zero attached hydrogens (tertiary/aromatic N) is 1. The van der Waals surface area contributed by atoms with E-state index in [1.54, 1.807) is 0 Å². The summed E-state index contributed by atoms with van der Waals surface area (Å²) in [5.41, 5.74) is 10.4. The Bertz CT molecular complexity index is 627. The van der Waals surface area contributed by atoms with Gasteiger partial charge in [-0.15, -0.1) is 0 Å². The van der Waals surface area contributed by atoms with Crippen molar-refractivity contribution in [1.82, 2.24) is 9.97 Å². The Morgan fingerprint density at radius 1 is 1.44 bits per heavy atom. The highest BCUT2D eigenvalue weighted by Crippen LogP contribution is 2.27.